The normalized spacial score (nSPS) is 11.3. The van der Waals surface area contributed by atoms with Crippen molar-refractivity contribution in [3.8, 4) is 11.5 Å². The Morgan fingerprint density at radius 2 is 0.519 bits per heavy atom. The van der Waals surface area contributed by atoms with E-state index in [1.54, 1.807) is 0 Å². The van der Waals surface area contributed by atoms with Crippen LogP contribution in [0.15, 0.2) is 48.5 Å². The first-order valence-electron chi connectivity index (χ1n) is 23.0. The van der Waals surface area contributed by atoms with Gasteiger partial charge in [-0.3, -0.25) is 4.79 Å². The van der Waals surface area contributed by atoms with Gasteiger partial charge in [0.25, 0.3) is 0 Å². The van der Waals surface area contributed by atoms with E-state index in [1.165, 1.54) is 193 Å². The zero-order valence-electron chi connectivity index (χ0n) is 34.7. The van der Waals surface area contributed by atoms with Crippen molar-refractivity contribution in [3.05, 3.63) is 59.7 Å². The van der Waals surface area contributed by atoms with Crippen LogP contribution >= 0.6 is 25.3 Å². The maximum absolute atomic E-state index is 13.1. The molecule has 308 valence electrons. The minimum atomic E-state index is 0.0326. The Balaban J connectivity index is 1.39. The molecular weight excluding hydrogens is 701 g/mol. The Kier molecular flexibility index (Phi) is 33.3. The zero-order chi connectivity index (χ0) is 38.4. The van der Waals surface area contributed by atoms with Crippen LogP contribution in [-0.4, -0.2) is 30.5 Å². The summed E-state index contributed by atoms with van der Waals surface area (Å²) in [5.41, 5.74) is 1.38. The second-order valence-corrected chi connectivity index (χ2v) is 16.7. The molecule has 0 aliphatic rings. The highest BCUT2D eigenvalue weighted by atomic mass is 32.1. The summed E-state index contributed by atoms with van der Waals surface area (Å²) in [6.07, 6.45) is 43.4. The van der Waals surface area contributed by atoms with Crippen molar-refractivity contribution in [3.63, 3.8) is 0 Å². The number of unbranched alkanes of at least 4 members (excludes halogenated alkanes) is 30. The average molecular weight is 783 g/mol. The molecule has 2 aromatic carbocycles. The lowest BCUT2D eigenvalue weighted by Gasteiger charge is -2.09. The summed E-state index contributed by atoms with van der Waals surface area (Å²) in [4.78, 5) is 13.1. The van der Waals surface area contributed by atoms with Crippen LogP contribution in [0.25, 0.3) is 0 Å². The third-order valence-corrected chi connectivity index (χ3v) is 11.5. The van der Waals surface area contributed by atoms with Gasteiger partial charge in [-0.25, -0.2) is 0 Å². The Morgan fingerprint density at radius 1 is 0.315 bits per heavy atom. The van der Waals surface area contributed by atoms with Crippen molar-refractivity contribution >= 4 is 31.0 Å². The van der Waals surface area contributed by atoms with Crippen LogP contribution in [0.3, 0.4) is 0 Å². The van der Waals surface area contributed by atoms with Crippen molar-refractivity contribution in [2.75, 3.05) is 24.7 Å². The lowest BCUT2D eigenvalue weighted by molar-refractivity contribution is 0.103. The SMILES string of the molecule is O=C(c1ccc(OCCCCCCCCCCCCCCCCCCS)cc1)c1ccc(OCCCCCCCCCCCCCCCCCCS)cc1. The fraction of sp³-hybridized carbons (Fsp3) is 0.735. The predicted octanol–water partition coefficient (Wildman–Crippen LogP) is 16.0. The van der Waals surface area contributed by atoms with Crippen molar-refractivity contribution in [2.45, 2.75) is 205 Å². The molecule has 0 amide bonds. The number of carbonyl (C=O) groups is 1. The summed E-state index contributed by atoms with van der Waals surface area (Å²) < 4.78 is 11.9. The summed E-state index contributed by atoms with van der Waals surface area (Å²) in [5, 5.41) is 0. The fourth-order valence-corrected chi connectivity index (χ4v) is 7.78. The highest BCUT2D eigenvalue weighted by molar-refractivity contribution is 7.80. The smallest absolute Gasteiger partial charge is 0.193 e. The lowest BCUT2D eigenvalue weighted by Crippen LogP contribution is -2.03. The Morgan fingerprint density at radius 3 is 0.741 bits per heavy atom. The second kappa shape index (κ2) is 37.0. The van der Waals surface area contributed by atoms with Crippen LogP contribution in [0.4, 0.5) is 0 Å². The minimum Gasteiger partial charge on any atom is -0.494 e. The number of hydrogen-bond donors (Lipinski definition) is 2. The largest absolute Gasteiger partial charge is 0.494 e. The summed E-state index contributed by atoms with van der Waals surface area (Å²) in [6, 6.07) is 15.2. The maximum atomic E-state index is 13.1. The molecule has 0 atom stereocenters. The molecule has 54 heavy (non-hydrogen) atoms. The van der Waals surface area contributed by atoms with Crippen LogP contribution in [0, 0.1) is 0 Å². The lowest BCUT2D eigenvalue weighted by atomic mass is 10.0. The van der Waals surface area contributed by atoms with E-state index in [4.69, 9.17) is 9.47 Å². The van der Waals surface area contributed by atoms with Crippen molar-refractivity contribution in [2.24, 2.45) is 0 Å². The molecule has 0 aliphatic carbocycles. The monoisotopic (exact) mass is 783 g/mol. The molecule has 0 saturated carbocycles. The average Bonchev–Trinajstić information content (AvgIpc) is 3.20. The highest BCUT2D eigenvalue weighted by Crippen LogP contribution is 2.20. The molecule has 2 rings (SSSR count). The summed E-state index contributed by atoms with van der Waals surface area (Å²) >= 11 is 8.58. The van der Waals surface area contributed by atoms with E-state index in [2.05, 4.69) is 25.3 Å². The molecule has 0 aromatic heterocycles. The molecule has 2 aromatic rings. The van der Waals surface area contributed by atoms with Gasteiger partial charge < -0.3 is 9.47 Å². The first kappa shape index (κ1) is 48.6. The van der Waals surface area contributed by atoms with E-state index in [1.807, 2.05) is 48.5 Å². The predicted molar refractivity (Wildman–Crippen MR) is 243 cm³/mol. The van der Waals surface area contributed by atoms with Gasteiger partial charge in [0.1, 0.15) is 11.5 Å². The molecule has 5 heteroatoms. The Hall–Kier alpha value is -1.59. The molecule has 0 radical (unpaired) electrons. The van der Waals surface area contributed by atoms with Gasteiger partial charge in [-0.15, -0.1) is 0 Å². The van der Waals surface area contributed by atoms with E-state index in [9.17, 15) is 4.79 Å². The molecule has 0 heterocycles. The third kappa shape index (κ3) is 27.9. The molecule has 0 saturated heterocycles. The molecule has 0 fully saturated rings. The molecule has 0 aliphatic heterocycles. The second-order valence-electron chi connectivity index (χ2n) is 15.8. The van der Waals surface area contributed by atoms with Crippen LogP contribution in [-0.2, 0) is 0 Å². The van der Waals surface area contributed by atoms with Gasteiger partial charge in [0.2, 0.25) is 0 Å². The first-order chi connectivity index (χ1) is 26.7. The molecular formula is C49H82O3S2. The van der Waals surface area contributed by atoms with Gasteiger partial charge in [-0.2, -0.15) is 25.3 Å². The fourth-order valence-electron chi connectivity index (χ4n) is 7.33. The molecule has 3 nitrogen and oxygen atoms in total. The topological polar surface area (TPSA) is 35.5 Å². The number of rotatable bonds is 40. The van der Waals surface area contributed by atoms with Gasteiger partial charge in [0.05, 0.1) is 13.2 Å². The summed E-state index contributed by atoms with van der Waals surface area (Å²) in [7, 11) is 0. The Labute approximate surface area is 345 Å². The summed E-state index contributed by atoms with van der Waals surface area (Å²) in [6.45, 7) is 1.48. The molecule has 0 bridgehead atoms. The number of ketones is 1. The van der Waals surface area contributed by atoms with E-state index < -0.39 is 0 Å². The van der Waals surface area contributed by atoms with E-state index in [-0.39, 0.29) is 5.78 Å². The van der Waals surface area contributed by atoms with Gasteiger partial charge in [0.15, 0.2) is 5.78 Å². The van der Waals surface area contributed by atoms with Crippen LogP contribution in [0.5, 0.6) is 11.5 Å². The van der Waals surface area contributed by atoms with Crippen LogP contribution in [0.1, 0.15) is 221 Å². The maximum Gasteiger partial charge on any atom is 0.193 e. The van der Waals surface area contributed by atoms with Gasteiger partial charge in [-0.1, -0.05) is 180 Å². The number of hydrogen-bond acceptors (Lipinski definition) is 5. The quantitative estimate of drug-likeness (QED) is 0.0401. The molecule has 0 spiro atoms. The standard InChI is InChI=1S/C49H82O3S2/c50-49(45-33-37-47(38-34-45)51-41-29-25-21-17-13-9-5-1-3-7-11-15-19-23-27-31-43-53)46-35-39-48(40-36-46)52-42-30-26-22-18-14-10-6-2-4-8-12-16-20-24-28-32-44-54/h33-40,53-54H,1-32,41-44H2. The minimum absolute atomic E-state index is 0.0326. The summed E-state index contributed by atoms with van der Waals surface area (Å²) in [5.74, 6) is 3.80. The van der Waals surface area contributed by atoms with E-state index >= 15 is 0 Å². The van der Waals surface area contributed by atoms with Gasteiger partial charge in [-0.05, 0) is 85.7 Å². The number of carbonyl (C=O) groups excluding carboxylic acids is 1. The Bertz CT molecular complexity index is 1000. The first-order valence-corrected chi connectivity index (χ1v) is 24.2. The van der Waals surface area contributed by atoms with Gasteiger partial charge >= 0.3 is 0 Å². The van der Waals surface area contributed by atoms with Crippen molar-refractivity contribution in [1.82, 2.24) is 0 Å². The van der Waals surface area contributed by atoms with Crippen LogP contribution < -0.4 is 9.47 Å². The van der Waals surface area contributed by atoms with Crippen molar-refractivity contribution < 1.29 is 14.3 Å². The number of thiol groups is 2. The van der Waals surface area contributed by atoms with Gasteiger partial charge in [0, 0.05) is 11.1 Å². The molecule has 0 N–H and O–H groups in total. The third-order valence-electron chi connectivity index (χ3n) is 10.9. The zero-order valence-corrected chi connectivity index (χ0v) is 36.5. The number of benzene rings is 2. The van der Waals surface area contributed by atoms with Crippen molar-refractivity contribution in [1.29, 1.82) is 0 Å². The van der Waals surface area contributed by atoms with E-state index in [0.717, 1.165) is 49.1 Å². The highest BCUT2D eigenvalue weighted by Gasteiger charge is 2.10. The molecule has 0 unspecified atom stereocenters. The number of ether oxygens (including phenoxy) is 2. The van der Waals surface area contributed by atoms with Crippen LogP contribution in [0.2, 0.25) is 0 Å². The van der Waals surface area contributed by atoms with E-state index in [0.29, 0.717) is 11.1 Å².